The van der Waals surface area contributed by atoms with Crippen LogP contribution < -0.4 is 0 Å². The van der Waals surface area contributed by atoms with E-state index in [1.54, 1.807) is 0 Å². The van der Waals surface area contributed by atoms with Crippen molar-refractivity contribution in [3.05, 3.63) is 0 Å². The Kier molecular flexibility index (Phi) is 3.48. The number of hydrogen-bond donors (Lipinski definition) is 1. The topological polar surface area (TPSA) is 20.2 Å². The quantitative estimate of drug-likeness (QED) is 0.715. The van der Waals surface area contributed by atoms with Crippen LogP contribution in [0.3, 0.4) is 0 Å². The summed E-state index contributed by atoms with van der Waals surface area (Å²) in [5, 5.41) is 9.87. The molecule has 2 aliphatic carbocycles. The summed E-state index contributed by atoms with van der Waals surface area (Å²) in [6.45, 7) is 2.20. The minimum atomic E-state index is -0.000648. The zero-order valence-corrected chi connectivity index (χ0v) is 9.41. The molecule has 1 heteroatoms. The molecule has 4 unspecified atom stereocenters. The van der Waals surface area contributed by atoms with Gasteiger partial charge in [-0.1, -0.05) is 26.2 Å². The zero-order valence-electron chi connectivity index (χ0n) is 9.41. The molecular formula is C13H24O. The fourth-order valence-corrected chi connectivity index (χ4v) is 3.57. The second-order valence-corrected chi connectivity index (χ2v) is 5.47. The van der Waals surface area contributed by atoms with Crippen molar-refractivity contribution in [2.75, 3.05) is 0 Å². The Hall–Kier alpha value is -0.0400. The van der Waals surface area contributed by atoms with Crippen LogP contribution in [0.4, 0.5) is 0 Å². The van der Waals surface area contributed by atoms with Gasteiger partial charge in [-0.15, -0.1) is 0 Å². The number of aliphatic hydroxyl groups is 1. The smallest absolute Gasteiger partial charge is 0.0543 e. The second kappa shape index (κ2) is 4.65. The van der Waals surface area contributed by atoms with Gasteiger partial charge in [0.25, 0.3) is 0 Å². The van der Waals surface area contributed by atoms with Crippen LogP contribution in [0.2, 0.25) is 0 Å². The van der Waals surface area contributed by atoms with E-state index in [0.29, 0.717) is 0 Å². The van der Waals surface area contributed by atoms with Gasteiger partial charge in [-0.3, -0.25) is 0 Å². The molecule has 2 fully saturated rings. The molecule has 2 bridgehead atoms. The lowest BCUT2D eigenvalue weighted by Crippen LogP contribution is -2.18. The van der Waals surface area contributed by atoms with E-state index in [1.165, 1.54) is 38.5 Å². The molecule has 4 atom stereocenters. The summed E-state index contributed by atoms with van der Waals surface area (Å²) in [6.07, 6.45) is 10.4. The Bertz CT molecular complexity index is 178. The fourth-order valence-electron chi connectivity index (χ4n) is 3.57. The third-order valence-corrected chi connectivity index (χ3v) is 4.35. The largest absolute Gasteiger partial charge is 0.393 e. The molecular weight excluding hydrogens is 172 g/mol. The number of aliphatic hydroxyl groups excluding tert-OH is 1. The van der Waals surface area contributed by atoms with Crippen LogP contribution in [0, 0.1) is 17.8 Å². The first-order chi connectivity index (χ1) is 6.79. The molecule has 0 spiro atoms. The average molecular weight is 196 g/mol. The van der Waals surface area contributed by atoms with Gasteiger partial charge in [0.1, 0.15) is 0 Å². The van der Waals surface area contributed by atoms with Crippen LogP contribution >= 0.6 is 0 Å². The lowest BCUT2D eigenvalue weighted by molar-refractivity contribution is 0.114. The molecule has 0 aromatic carbocycles. The summed E-state index contributed by atoms with van der Waals surface area (Å²) in [5.74, 6) is 2.89. The van der Waals surface area contributed by atoms with Gasteiger partial charge in [-0.05, 0) is 49.9 Å². The number of hydrogen-bond acceptors (Lipinski definition) is 1. The molecule has 0 heterocycles. The molecule has 14 heavy (non-hydrogen) atoms. The molecule has 0 amide bonds. The molecule has 0 aliphatic heterocycles. The van der Waals surface area contributed by atoms with Gasteiger partial charge >= 0.3 is 0 Å². The maximum atomic E-state index is 9.87. The highest BCUT2D eigenvalue weighted by atomic mass is 16.3. The summed E-state index contributed by atoms with van der Waals surface area (Å²) in [4.78, 5) is 0. The van der Waals surface area contributed by atoms with E-state index < -0.39 is 0 Å². The molecule has 2 aliphatic rings. The Morgan fingerprint density at radius 2 is 2.14 bits per heavy atom. The van der Waals surface area contributed by atoms with Crippen LogP contribution in [-0.2, 0) is 0 Å². The van der Waals surface area contributed by atoms with E-state index in [1.807, 2.05) is 0 Å². The monoisotopic (exact) mass is 196 g/mol. The predicted molar refractivity (Wildman–Crippen MR) is 59.1 cm³/mol. The lowest BCUT2D eigenvalue weighted by atomic mass is 9.84. The highest BCUT2D eigenvalue weighted by molar-refractivity contribution is 4.90. The van der Waals surface area contributed by atoms with Gasteiger partial charge in [-0.2, -0.15) is 0 Å². The van der Waals surface area contributed by atoms with Crippen LogP contribution in [0.5, 0.6) is 0 Å². The van der Waals surface area contributed by atoms with Gasteiger partial charge in [0, 0.05) is 0 Å². The van der Waals surface area contributed by atoms with Crippen molar-refractivity contribution < 1.29 is 5.11 Å². The maximum Gasteiger partial charge on any atom is 0.0543 e. The number of fused-ring (bicyclic) bond motifs is 2. The summed E-state index contributed by atoms with van der Waals surface area (Å²) in [6, 6.07) is 0. The summed E-state index contributed by atoms with van der Waals surface area (Å²) < 4.78 is 0. The van der Waals surface area contributed by atoms with Crippen molar-refractivity contribution >= 4 is 0 Å². The van der Waals surface area contributed by atoms with Crippen molar-refractivity contribution in [3.63, 3.8) is 0 Å². The SMILES string of the molecule is CCCCC(O)CC1CC2CCC1C2. The Balaban J connectivity index is 1.70. The minimum Gasteiger partial charge on any atom is -0.393 e. The first-order valence-corrected chi connectivity index (χ1v) is 6.47. The molecule has 2 saturated carbocycles. The van der Waals surface area contributed by atoms with Gasteiger partial charge in [-0.25, -0.2) is 0 Å². The number of rotatable bonds is 5. The van der Waals surface area contributed by atoms with E-state index >= 15 is 0 Å². The van der Waals surface area contributed by atoms with E-state index in [-0.39, 0.29) is 6.10 Å². The van der Waals surface area contributed by atoms with E-state index in [2.05, 4.69) is 6.92 Å². The predicted octanol–water partition coefficient (Wildman–Crippen LogP) is 3.36. The van der Waals surface area contributed by atoms with Gasteiger partial charge in [0.15, 0.2) is 0 Å². The molecule has 1 N–H and O–H groups in total. The highest BCUT2D eigenvalue weighted by Gasteiger charge is 2.39. The third-order valence-electron chi connectivity index (χ3n) is 4.35. The van der Waals surface area contributed by atoms with Crippen molar-refractivity contribution in [1.82, 2.24) is 0 Å². The molecule has 2 rings (SSSR count). The second-order valence-electron chi connectivity index (χ2n) is 5.47. The third kappa shape index (κ3) is 2.31. The Morgan fingerprint density at radius 3 is 2.71 bits per heavy atom. The molecule has 1 nitrogen and oxygen atoms in total. The van der Waals surface area contributed by atoms with Crippen molar-refractivity contribution in [1.29, 1.82) is 0 Å². The van der Waals surface area contributed by atoms with E-state index in [0.717, 1.165) is 30.6 Å². The maximum absolute atomic E-state index is 9.87. The Morgan fingerprint density at radius 1 is 1.29 bits per heavy atom. The van der Waals surface area contributed by atoms with Crippen LogP contribution in [0.1, 0.15) is 58.3 Å². The van der Waals surface area contributed by atoms with Crippen molar-refractivity contribution in [2.24, 2.45) is 17.8 Å². The molecule has 0 aromatic rings. The molecule has 0 radical (unpaired) electrons. The lowest BCUT2D eigenvalue weighted by Gasteiger charge is -2.24. The van der Waals surface area contributed by atoms with E-state index in [4.69, 9.17) is 0 Å². The standard InChI is InChI=1S/C13H24O/c1-2-3-4-13(14)9-12-8-10-5-6-11(12)7-10/h10-14H,2-9H2,1H3. The molecule has 0 saturated heterocycles. The molecule has 0 aromatic heterocycles. The first kappa shape index (κ1) is 10.5. The molecule has 82 valence electrons. The van der Waals surface area contributed by atoms with Gasteiger partial charge in [0.2, 0.25) is 0 Å². The van der Waals surface area contributed by atoms with Crippen LogP contribution in [0.15, 0.2) is 0 Å². The Labute approximate surface area is 87.9 Å². The van der Waals surface area contributed by atoms with E-state index in [9.17, 15) is 5.11 Å². The van der Waals surface area contributed by atoms with Crippen LogP contribution in [-0.4, -0.2) is 11.2 Å². The minimum absolute atomic E-state index is 0.000648. The van der Waals surface area contributed by atoms with Gasteiger partial charge < -0.3 is 5.11 Å². The first-order valence-electron chi connectivity index (χ1n) is 6.47. The van der Waals surface area contributed by atoms with Crippen LogP contribution in [0.25, 0.3) is 0 Å². The average Bonchev–Trinajstić information content (AvgIpc) is 2.76. The normalized spacial score (nSPS) is 37.7. The highest BCUT2D eigenvalue weighted by Crippen LogP contribution is 2.50. The van der Waals surface area contributed by atoms with Crippen molar-refractivity contribution in [2.45, 2.75) is 64.4 Å². The van der Waals surface area contributed by atoms with Gasteiger partial charge in [0.05, 0.1) is 6.10 Å². The summed E-state index contributed by atoms with van der Waals surface area (Å²) in [7, 11) is 0. The summed E-state index contributed by atoms with van der Waals surface area (Å²) in [5.41, 5.74) is 0. The fraction of sp³-hybridized carbons (Fsp3) is 1.00. The number of unbranched alkanes of at least 4 members (excludes halogenated alkanes) is 1. The van der Waals surface area contributed by atoms with Crippen molar-refractivity contribution in [3.8, 4) is 0 Å². The summed E-state index contributed by atoms with van der Waals surface area (Å²) >= 11 is 0. The zero-order chi connectivity index (χ0) is 9.97.